The molecule has 94 valence electrons. The number of nitrogens with two attached hydrogens (primary N) is 1. The minimum Gasteiger partial charge on any atom is -0.467 e. The van der Waals surface area contributed by atoms with E-state index < -0.39 is 12.0 Å². The average molecular weight is 230 g/mol. The van der Waals surface area contributed by atoms with Gasteiger partial charge in [-0.3, -0.25) is 4.79 Å². The van der Waals surface area contributed by atoms with Crippen molar-refractivity contribution >= 4 is 11.9 Å². The molecule has 0 saturated carbocycles. The Morgan fingerprint density at radius 3 is 2.44 bits per heavy atom. The summed E-state index contributed by atoms with van der Waals surface area (Å²) in [6.07, 6.45) is 4.33. The fraction of sp³-hybridized carbons (Fsp3) is 0.818. The van der Waals surface area contributed by atoms with Gasteiger partial charge in [-0.05, 0) is 26.3 Å². The van der Waals surface area contributed by atoms with Crippen molar-refractivity contribution in [3.8, 4) is 0 Å². The standard InChI is InChI=1S/C11H22N2O3/c1-9(11(15)16-2)13-10(14)7-5-3-4-6-8-12/h9H,3-8,12H2,1-2H3,(H,13,14). The lowest BCUT2D eigenvalue weighted by molar-refractivity contribution is -0.144. The van der Waals surface area contributed by atoms with Gasteiger partial charge in [-0.15, -0.1) is 0 Å². The monoisotopic (exact) mass is 230 g/mol. The van der Waals surface area contributed by atoms with E-state index in [0.717, 1.165) is 25.7 Å². The molecule has 3 N–H and O–H groups in total. The molecule has 0 rings (SSSR count). The molecule has 0 spiro atoms. The van der Waals surface area contributed by atoms with E-state index >= 15 is 0 Å². The Morgan fingerprint density at radius 2 is 1.88 bits per heavy atom. The molecule has 1 atom stereocenters. The molecule has 0 aromatic heterocycles. The number of methoxy groups -OCH3 is 1. The molecule has 0 aromatic carbocycles. The third-order valence-electron chi connectivity index (χ3n) is 2.29. The van der Waals surface area contributed by atoms with Crippen molar-refractivity contribution in [1.29, 1.82) is 0 Å². The molecule has 0 aliphatic heterocycles. The first-order valence-corrected chi connectivity index (χ1v) is 5.69. The van der Waals surface area contributed by atoms with Gasteiger partial charge in [0.2, 0.25) is 5.91 Å². The van der Waals surface area contributed by atoms with E-state index in [1.54, 1.807) is 6.92 Å². The normalized spacial score (nSPS) is 11.9. The minimum atomic E-state index is -0.568. The number of carbonyl (C=O) groups is 2. The maximum absolute atomic E-state index is 11.4. The van der Waals surface area contributed by atoms with Gasteiger partial charge in [-0.1, -0.05) is 12.8 Å². The molecule has 0 aromatic rings. The molecular weight excluding hydrogens is 208 g/mol. The van der Waals surface area contributed by atoms with Crippen LogP contribution in [0.25, 0.3) is 0 Å². The van der Waals surface area contributed by atoms with Crippen LogP contribution >= 0.6 is 0 Å². The van der Waals surface area contributed by atoms with Crippen molar-refractivity contribution < 1.29 is 14.3 Å². The van der Waals surface area contributed by atoms with Crippen LogP contribution in [0.4, 0.5) is 0 Å². The van der Waals surface area contributed by atoms with Crippen LogP contribution in [0.1, 0.15) is 39.0 Å². The van der Waals surface area contributed by atoms with E-state index in [9.17, 15) is 9.59 Å². The van der Waals surface area contributed by atoms with Crippen LogP contribution in [0.5, 0.6) is 0 Å². The van der Waals surface area contributed by atoms with Crippen LogP contribution in [0.15, 0.2) is 0 Å². The summed E-state index contributed by atoms with van der Waals surface area (Å²) in [5.74, 6) is -0.526. The molecule has 0 saturated heterocycles. The van der Waals surface area contributed by atoms with Crippen molar-refractivity contribution in [3.05, 3.63) is 0 Å². The van der Waals surface area contributed by atoms with Gasteiger partial charge in [0.1, 0.15) is 6.04 Å². The molecule has 1 unspecified atom stereocenters. The molecule has 1 amide bonds. The second-order valence-corrected chi connectivity index (χ2v) is 3.77. The first-order valence-electron chi connectivity index (χ1n) is 5.69. The second kappa shape index (κ2) is 9.15. The third kappa shape index (κ3) is 7.23. The number of hydrogen-bond donors (Lipinski definition) is 2. The van der Waals surface area contributed by atoms with E-state index in [0.29, 0.717) is 13.0 Å². The lowest BCUT2D eigenvalue weighted by Crippen LogP contribution is -2.38. The number of esters is 1. The van der Waals surface area contributed by atoms with E-state index in [1.807, 2.05) is 0 Å². The zero-order valence-electron chi connectivity index (χ0n) is 10.1. The number of nitrogens with one attached hydrogen (secondary N) is 1. The van der Waals surface area contributed by atoms with E-state index in [4.69, 9.17) is 5.73 Å². The second-order valence-electron chi connectivity index (χ2n) is 3.77. The third-order valence-corrected chi connectivity index (χ3v) is 2.29. The topological polar surface area (TPSA) is 81.4 Å². The van der Waals surface area contributed by atoms with Crippen molar-refractivity contribution in [3.63, 3.8) is 0 Å². The van der Waals surface area contributed by atoms with Gasteiger partial charge in [0.25, 0.3) is 0 Å². The quantitative estimate of drug-likeness (QED) is 0.472. The summed E-state index contributed by atoms with van der Waals surface area (Å²) in [5, 5.41) is 2.58. The number of hydrogen-bond acceptors (Lipinski definition) is 4. The number of carbonyl (C=O) groups excluding carboxylic acids is 2. The number of unbranched alkanes of at least 4 members (excludes halogenated alkanes) is 3. The Bertz CT molecular complexity index is 219. The number of ether oxygens (including phenoxy) is 1. The van der Waals surface area contributed by atoms with Crippen LogP contribution in [0.2, 0.25) is 0 Å². The summed E-state index contributed by atoms with van der Waals surface area (Å²) in [7, 11) is 1.30. The maximum atomic E-state index is 11.4. The fourth-order valence-corrected chi connectivity index (χ4v) is 1.33. The van der Waals surface area contributed by atoms with Crippen LogP contribution in [0.3, 0.4) is 0 Å². The summed E-state index contributed by atoms with van der Waals surface area (Å²) in [5.41, 5.74) is 5.35. The van der Waals surface area contributed by atoms with Crippen LogP contribution in [-0.2, 0) is 14.3 Å². The smallest absolute Gasteiger partial charge is 0.328 e. The molecule has 0 heterocycles. The maximum Gasteiger partial charge on any atom is 0.328 e. The highest BCUT2D eigenvalue weighted by Crippen LogP contribution is 2.02. The SMILES string of the molecule is COC(=O)C(C)NC(=O)CCCCCCN. The zero-order chi connectivity index (χ0) is 12.4. The number of rotatable bonds is 8. The minimum absolute atomic E-state index is 0.106. The Hall–Kier alpha value is -1.10. The van der Waals surface area contributed by atoms with Crippen molar-refractivity contribution in [2.24, 2.45) is 5.73 Å². The van der Waals surface area contributed by atoms with Gasteiger partial charge < -0.3 is 15.8 Å². The first kappa shape index (κ1) is 14.9. The Kier molecular flexibility index (Phi) is 8.52. The highest BCUT2D eigenvalue weighted by atomic mass is 16.5. The molecule has 16 heavy (non-hydrogen) atoms. The summed E-state index contributed by atoms with van der Waals surface area (Å²) in [6.45, 7) is 2.31. The predicted molar refractivity (Wildman–Crippen MR) is 61.8 cm³/mol. The molecule has 0 bridgehead atoms. The summed E-state index contributed by atoms with van der Waals surface area (Å²) >= 11 is 0. The molecular formula is C11H22N2O3. The van der Waals surface area contributed by atoms with Gasteiger partial charge in [0, 0.05) is 6.42 Å². The number of amides is 1. The average Bonchev–Trinajstić information content (AvgIpc) is 2.27. The fourth-order valence-electron chi connectivity index (χ4n) is 1.33. The summed E-state index contributed by atoms with van der Waals surface area (Å²) in [4.78, 5) is 22.4. The largest absolute Gasteiger partial charge is 0.467 e. The van der Waals surface area contributed by atoms with Gasteiger partial charge in [-0.2, -0.15) is 0 Å². The highest BCUT2D eigenvalue weighted by molar-refractivity contribution is 5.83. The molecule has 0 aliphatic rings. The molecule has 5 nitrogen and oxygen atoms in total. The van der Waals surface area contributed by atoms with Crippen molar-refractivity contribution in [2.75, 3.05) is 13.7 Å². The van der Waals surface area contributed by atoms with E-state index in [1.165, 1.54) is 7.11 Å². The van der Waals surface area contributed by atoms with Gasteiger partial charge in [-0.25, -0.2) is 4.79 Å². The first-order chi connectivity index (χ1) is 7.61. The zero-order valence-corrected chi connectivity index (χ0v) is 10.1. The molecule has 0 aliphatic carbocycles. The molecule has 5 heteroatoms. The summed E-state index contributed by atoms with van der Waals surface area (Å²) < 4.78 is 4.50. The lowest BCUT2D eigenvalue weighted by atomic mass is 10.1. The van der Waals surface area contributed by atoms with Crippen LogP contribution < -0.4 is 11.1 Å². The van der Waals surface area contributed by atoms with Crippen LogP contribution in [0, 0.1) is 0 Å². The summed E-state index contributed by atoms with van der Waals surface area (Å²) in [6, 6.07) is -0.568. The Labute approximate surface area is 96.7 Å². The van der Waals surface area contributed by atoms with Crippen LogP contribution in [-0.4, -0.2) is 31.6 Å². The Morgan fingerprint density at radius 1 is 1.25 bits per heavy atom. The van der Waals surface area contributed by atoms with Crippen molar-refractivity contribution in [2.45, 2.75) is 45.1 Å². The predicted octanol–water partition coefficient (Wildman–Crippen LogP) is 0.573. The van der Waals surface area contributed by atoms with Crippen molar-refractivity contribution in [1.82, 2.24) is 5.32 Å². The van der Waals surface area contributed by atoms with Gasteiger partial charge >= 0.3 is 5.97 Å². The van der Waals surface area contributed by atoms with Gasteiger partial charge in [0.15, 0.2) is 0 Å². The van der Waals surface area contributed by atoms with E-state index in [2.05, 4.69) is 10.1 Å². The molecule has 0 radical (unpaired) electrons. The van der Waals surface area contributed by atoms with E-state index in [-0.39, 0.29) is 5.91 Å². The highest BCUT2D eigenvalue weighted by Gasteiger charge is 2.14. The lowest BCUT2D eigenvalue weighted by Gasteiger charge is -2.11. The van der Waals surface area contributed by atoms with Gasteiger partial charge in [0.05, 0.1) is 7.11 Å². The Balaban J connectivity index is 3.54. The molecule has 0 fully saturated rings.